The summed E-state index contributed by atoms with van der Waals surface area (Å²) < 4.78 is 18.3. The van der Waals surface area contributed by atoms with Gasteiger partial charge in [-0.15, -0.1) is 0 Å². The molecular weight excluding hydrogens is 122 g/mol. The second-order valence-corrected chi connectivity index (χ2v) is 0.638. The molecule has 0 aliphatic heterocycles. The molecule has 2 nitrogen and oxygen atoms in total. The summed E-state index contributed by atoms with van der Waals surface area (Å²) in [6.07, 6.45) is 0. The van der Waals surface area contributed by atoms with Crippen molar-refractivity contribution in [1.82, 2.24) is 0 Å². The van der Waals surface area contributed by atoms with Crippen molar-refractivity contribution >= 4 is 46.1 Å². The van der Waals surface area contributed by atoms with Gasteiger partial charge in [0.05, 0.1) is 4.20 Å². The van der Waals surface area contributed by atoms with Gasteiger partial charge in [0.2, 0.25) is 0 Å². The SMILES string of the molecule is O=[P+]([O-])F.[Ca]. The molecule has 0 aliphatic carbocycles. The molecule has 0 aromatic heterocycles. The molecule has 0 saturated heterocycles. The zero-order chi connectivity index (χ0) is 3.58. The molecule has 0 amide bonds. The number of hydrogen-bond donors (Lipinski definition) is 0. The van der Waals surface area contributed by atoms with E-state index in [9.17, 15) is 4.20 Å². The molecule has 5 heavy (non-hydrogen) atoms. The Kier molecular flexibility index (Phi) is 10.0. The Balaban J connectivity index is 0. The predicted octanol–water partition coefficient (Wildman–Crippen LogP) is -0.407. The van der Waals surface area contributed by atoms with Crippen molar-refractivity contribution in [2.45, 2.75) is 0 Å². The Morgan fingerprint density at radius 3 is 1.80 bits per heavy atom. The predicted molar refractivity (Wildman–Crippen MR) is 14.5 cm³/mol. The van der Waals surface area contributed by atoms with E-state index in [2.05, 4.69) is 0 Å². The molecule has 0 heterocycles. The van der Waals surface area contributed by atoms with Crippen LogP contribution in [0.5, 0.6) is 0 Å². The van der Waals surface area contributed by atoms with Crippen LogP contribution in [-0.2, 0) is 4.57 Å². The average molecular weight is 122 g/mol. The zero-order valence-electron chi connectivity index (χ0n) is 2.35. The van der Waals surface area contributed by atoms with Crippen LogP contribution in [-0.4, -0.2) is 37.7 Å². The first kappa shape index (κ1) is 9.54. The molecule has 0 fully saturated rings. The Bertz CT molecular complexity index is 32.6. The van der Waals surface area contributed by atoms with Crippen LogP contribution in [0.4, 0.5) is 4.20 Å². The molecule has 0 saturated carbocycles. The van der Waals surface area contributed by atoms with Crippen LogP contribution in [0, 0.1) is 0 Å². The summed E-state index contributed by atoms with van der Waals surface area (Å²) in [5.74, 6) is 0. The molecule has 0 aromatic rings. The third-order valence-corrected chi connectivity index (χ3v) is 0. The third kappa shape index (κ3) is 35.5. The maximum Gasteiger partial charge on any atom is 0.540 e. The van der Waals surface area contributed by atoms with Gasteiger partial charge >= 0.3 is 8.34 Å². The minimum atomic E-state index is -3.62. The number of rotatable bonds is 0. The van der Waals surface area contributed by atoms with E-state index in [4.69, 9.17) is 9.46 Å². The third-order valence-electron chi connectivity index (χ3n) is 0. The van der Waals surface area contributed by atoms with Crippen molar-refractivity contribution in [1.29, 1.82) is 0 Å². The molecule has 0 spiro atoms. The second kappa shape index (κ2) is 5.25. The minimum absolute atomic E-state index is 0. The first-order valence-corrected chi connectivity index (χ1v) is 1.60. The molecule has 5 heteroatoms. The van der Waals surface area contributed by atoms with Gasteiger partial charge in [-0.05, 0) is 4.57 Å². The van der Waals surface area contributed by atoms with E-state index in [0.717, 1.165) is 0 Å². The normalized spacial score (nSPS) is 8.80. The van der Waals surface area contributed by atoms with Crippen molar-refractivity contribution in [3.05, 3.63) is 0 Å². The minimum Gasteiger partial charge on any atom is -0.562 e. The molecule has 1 atom stereocenters. The van der Waals surface area contributed by atoms with Crippen molar-refractivity contribution in [3.8, 4) is 0 Å². The van der Waals surface area contributed by atoms with Crippen molar-refractivity contribution in [2.75, 3.05) is 0 Å². The monoisotopic (exact) mass is 122 g/mol. The molecule has 0 bridgehead atoms. The van der Waals surface area contributed by atoms with Gasteiger partial charge in [0.1, 0.15) is 0 Å². The van der Waals surface area contributed by atoms with Crippen LogP contribution >= 0.6 is 8.34 Å². The fourth-order valence-electron chi connectivity index (χ4n) is 0. The Morgan fingerprint density at radius 2 is 1.80 bits per heavy atom. The van der Waals surface area contributed by atoms with Crippen LogP contribution in [0.1, 0.15) is 0 Å². The Labute approximate surface area is 59.4 Å². The van der Waals surface area contributed by atoms with E-state index in [1.807, 2.05) is 0 Å². The maximum absolute atomic E-state index is 9.95. The number of halogens is 1. The van der Waals surface area contributed by atoms with Crippen LogP contribution in [0.25, 0.3) is 0 Å². The topological polar surface area (TPSA) is 40.1 Å². The van der Waals surface area contributed by atoms with E-state index in [-0.39, 0.29) is 37.7 Å². The summed E-state index contributed by atoms with van der Waals surface area (Å²) in [6.45, 7) is 0. The molecule has 0 aromatic carbocycles. The van der Waals surface area contributed by atoms with Crippen molar-refractivity contribution in [2.24, 2.45) is 0 Å². The maximum atomic E-state index is 9.95. The average Bonchev–Trinajstić information content (AvgIpc) is 0.811. The summed E-state index contributed by atoms with van der Waals surface area (Å²) >= 11 is 0. The molecule has 1 unspecified atom stereocenters. The Hall–Kier alpha value is 1.25. The standard InChI is InChI=1S/Ca.FO2P/c;1-4(2)3. The van der Waals surface area contributed by atoms with Crippen molar-refractivity contribution < 1.29 is 13.7 Å². The number of hydrogen-bond acceptors (Lipinski definition) is 2. The first-order chi connectivity index (χ1) is 1.73. The van der Waals surface area contributed by atoms with Crippen LogP contribution in [0.15, 0.2) is 0 Å². The van der Waals surface area contributed by atoms with Gasteiger partial charge < -0.3 is 4.89 Å². The van der Waals surface area contributed by atoms with Gasteiger partial charge in [0, 0.05) is 37.7 Å². The van der Waals surface area contributed by atoms with Gasteiger partial charge in [0.15, 0.2) is 0 Å². The van der Waals surface area contributed by atoms with Crippen molar-refractivity contribution in [3.63, 3.8) is 0 Å². The van der Waals surface area contributed by atoms with Gasteiger partial charge in [-0.25, -0.2) is 0 Å². The van der Waals surface area contributed by atoms with Gasteiger partial charge in [0.25, 0.3) is 0 Å². The van der Waals surface area contributed by atoms with Gasteiger partial charge in [-0.3, -0.25) is 0 Å². The van der Waals surface area contributed by atoms with E-state index in [1.165, 1.54) is 0 Å². The van der Waals surface area contributed by atoms with Crippen LogP contribution in [0.3, 0.4) is 0 Å². The molecule has 2 radical (unpaired) electrons. The fraction of sp³-hybridized carbons (Fsp3) is 0. The van der Waals surface area contributed by atoms with E-state index >= 15 is 0 Å². The van der Waals surface area contributed by atoms with Gasteiger partial charge in [-0.2, -0.15) is 0 Å². The van der Waals surface area contributed by atoms with Crippen LogP contribution in [0.2, 0.25) is 0 Å². The summed E-state index contributed by atoms with van der Waals surface area (Å²) in [4.78, 5) is 8.37. The summed E-state index contributed by atoms with van der Waals surface area (Å²) in [5.41, 5.74) is 0. The summed E-state index contributed by atoms with van der Waals surface area (Å²) in [7, 11) is -3.62. The molecule has 26 valence electrons. The Morgan fingerprint density at radius 1 is 1.80 bits per heavy atom. The molecule has 0 rings (SSSR count). The summed E-state index contributed by atoms with van der Waals surface area (Å²) in [5, 5.41) is 0. The molecule has 0 N–H and O–H groups in total. The van der Waals surface area contributed by atoms with E-state index in [1.54, 1.807) is 0 Å². The zero-order valence-corrected chi connectivity index (χ0v) is 5.45. The van der Waals surface area contributed by atoms with Crippen LogP contribution < -0.4 is 4.89 Å². The quantitative estimate of drug-likeness (QED) is 0.323. The molecular formula is CaFO2P. The summed E-state index contributed by atoms with van der Waals surface area (Å²) in [6, 6.07) is 0. The largest absolute Gasteiger partial charge is 0.562 e. The van der Waals surface area contributed by atoms with E-state index in [0.29, 0.717) is 0 Å². The first-order valence-electron chi connectivity index (χ1n) is 0.534. The second-order valence-electron chi connectivity index (χ2n) is 0.213. The fourth-order valence-corrected chi connectivity index (χ4v) is 0. The van der Waals surface area contributed by atoms with E-state index < -0.39 is 8.34 Å². The smallest absolute Gasteiger partial charge is 0.540 e. The van der Waals surface area contributed by atoms with Gasteiger partial charge in [-0.1, -0.05) is 0 Å². The molecule has 0 aliphatic rings.